The molecule has 0 N–H and O–H groups in total. The standard InChI is InChI=1S/C9H17N.C2H6.2CH2O/c1-10-6-8-4-2-3-5-9(8)7-10;3*1-2/h8-9H,2-7H2,1H3;1-2H3;2*1H2. The van der Waals surface area contributed by atoms with Crippen LogP contribution in [0.3, 0.4) is 0 Å². The Labute approximate surface area is 100 Å². The van der Waals surface area contributed by atoms with Crippen LogP contribution < -0.4 is 0 Å². The molecule has 2 fully saturated rings. The van der Waals surface area contributed by atoms with Gasteiger partial charge in [-0.3, -0.25) is 0 Å². The summed E-state index contributed by atoms with van der Waals surface area (Å²) >= 11 is 0. The van der Waals surface area contributed by atoms with Gasteiger partial charge in [0.05, 0.1) is 0 Å². The molecule has 0 bridgehead atoms. The second kappa shape index (κ2) is 12.4. The first-order chi connectivity index (χ1) is 7.86. The normalized spacial score (nSPS) is 26.9. The molecule has 16 heavy (non-hydrogen) atoms. The third kappa shape index (κ3) is 6.01. The first-order valence-electron chi connectivity index (χ1n) is 6.12. The zero-order valence-corrected chi connectivity index (χ0v) is 11.1. The van der Waals surface area contributed by atoms with Gasteiger partial charge in [0.25, 0.3) is 0 Å². The lowest BCUT2D eigenvalue weighted by atomic mass is 9.82. The average molecular weight is 229 g/mol. The van der Waals surface area contributed by atoms with Crippen molar-refractivity contribution >= 4 is 13.6 Å². The fourth-order valence-corrected chi connectivity index (χ4v) is 2.64. The van der Waals surface area contributed by atoms with Gasteiger partial charge in [-0.2, -0.15) is 0 Å². The van der Waals surface area contributed by atoms with E-state index in [1.807, 2.05) is 27.4 Å². The van der Waals surface area contributed by atoms with E-state index in [9.17, 15) is 0 Å². The molecule has 3 nitrogen and oxygen atoms in total. The van der Waals surface area contributed by atoms with Crippen LogP contribution in [0.15, 0.2) is 0 Å². The second-order valence-electron chi connectivity index (χ2n) is 4.03. The van der Waals surface area contributed by atoms with E-state index in [2.05, 4.69) is 11.9 Å². The predicted octanol–water partition coefficient (Wildman–Crippen LogP) is 2.39. The van der Waals surface area contributed by atoms with Gasteiger partial charge < -0.3 is 14.5 Å². The van der Waals surface area contributed by atoms with Crippen LogP contribution in [0.5, 0.6) is 0 Å². The number of rotatable bonds is 0. The van der Waals surface area contributed by atoms with Gasteiger partial charge in [0, 0.05) is 13.1 Å². The van der Waals surface area contributed by atoms with Crippen LogP contribution in [0, 0.1) is 11.8 Å². The number of hydrogen-bond acceptors (Lipinski definition) is 3. The molecule has 3 heteroatoms. The van der Waals surface area contributed by atoms with Crippen molar-refractivity contribution in [2.45, 2.75) is 39.5 Å². The molecule has 0 amide bonds. The van der Waals surface area contributed by atoms with Crippen LogP contribution in [0.25, 0.3) is 0 Å². The van der Waals surface area contributed by atoms with E-state index in [1.54, 1.807) is 0 Å². The Morgan fingerprint density at radius 2 is 1.19 bits per heavy atom. The fraction of sp³-hybridized carbons (Fsp3) is 0.846. The average Bonchev–Trinajstić information content (AvgIpc) is 2.76. The SMILES string of the molecule is C=O.C=O.CC.CN1CC2CCCCC2C1. The predicted molar refractivity (Wildman–Crippen MR) is 68.5 cm³/mol. The summed E-state index contributed by atoms with van der Waals surface area (Å²) in [4.78, 5) is 18.5. The number of fused-ring (bicyclic) bond motifs is 1. The van der Waals surface area contributed by atoms with E-state index in [0.29, 0.717) is 0 Å². The Hall–Kier alpha value is -0.700. The monoisotopic (exact) mass is 229 g/mol. The molecular formula is C13H27NO2. The van der Waals surface area contributed by atoms with Gasteiger partial charge in [-0.15, -0.1) is 0 Å². The fourth-order valence-electron chi connectivity index (χ4n) is 2.64. The van der Waals surface area contributed by atoms with Crippen LogP contribution in [-0.4, -0.2) is 38.6 Å². The minimum Gasteiger partial charge on any atom is -0.307 e. The van der Waals surface area contributed by atoms with Gasteiger partial charge >= 0.3 is 0 Å². The summed E-state index contributed by atoms with van der Waals surface area (Å²) in [5, 5.41) is 0. The molecule has 0 spiro atoms. The first-order valence-corrected chi connectivity index (χ1v) is 6.12. The molecule has 0 aromatic carbocycles. The van der Waals surface area contributed by atoms with Crippen LogP contribution in [0.4, 0.5) is 0 Å². The van der Waals surface area contributed by atoms with Gasteiger partial charge in [0.1, 0.15) is 13.6 Å². The van der Waals surface area contributed by atoms with Crippen molar-refractivity contribution in [3.8, 4) is 0 Å². The number of carbonyl (C=O) groups is 2. The topological polar surface area (TPSA) is 37.4 Å². The van der Waals surface area contributed by atoms with Crippen LogP contribution in [0.2, 0.25) is 0 Å². The zero-order valence-electron chi connectivity index (χ0n) is 11.1. The Morgan fingerprint density at radius 3 is 1.50 bits per heavy atom. The molecule has 96 valence electrons. The van der Waals surface area contributed by atoms with Crippen molar-refractivity contribution < 1.29 is 9.59 Å². The van der Waals surface area contributed by atoms with E-state index in [1.165, 1.54) is 38.8 Å². The maximum Gasteiger partial charge on any atom is 0.106 e. The van der Waals surface area contributed by atoms with Gasteiger partial charge in [-0.05, 0) is 31.7 Å². The molecule has 0 aromatic heterocycles. The maximum atomic E-state index is 8.00. The summed E-state index contributed by atoms with van der Waals surface area (Å²) in [5.41, 5.74) is 0. The Bertz CT molecular complexity index is 137. The van der Waals surface area contributed by atoms with Crippen LogP contribution in [0.1, 0.15) is 39.5 Å². The highest BCUT2D eigenvalue weighted by molar-refractivity contribution is 5.11. The largest absolute Gasteiger partial charge is 0.307 e. The van der Waals surface area contributed by atoms with E-state index in [-0.39, 0.29) is 0 Å². The molecule has 2 rings (SSSR count). The number of hydrogen-bond donors (Lipinski definition) is 0. The Morgan fingerprint density at radius 1 is 0.875 bits per heavy atom. The summed E-state index contributed by atoms with van der Waals surface area (Å²) in [7, 11) is 2.26. The summed E-state index contributed by atoms with van der Waals surface area (Å²) in [6.45, 7) is 10.8. The molecule has 1 saturated heterocycles. The van der Waals surface area contributed by atoms with Crippen molar-refractivity contribution in [2.24, 2.45) is 11.8 Å². The highest BCUT2D eigenvalue weighted by Crippen LogP contribution is 2.34. The third-order valence-corrected chi connectivity index (χ3v) is 3.16. The highest BCUT2D eigenvalue weighted by atomic mass is 16.1. The molecular weight excluding hydrogens is 202 g/mol. The van der Waals surface area contributed by atoms with Crippen LogP contribution in [-0.2, 0) is 9.59 Å². The van der Waals surface area contributed by atoms with E-state index in [0.717, 1.165) is 11.8 Å². The summed E-state index contributed by atoms with van der Waals surface area (Å²) in [6.07, 6.45) is 6.01. The number of carbonyl (C=O) groups excluding carboxylic acids is 2. The number of likely N-dealkylation sites (tertiary alicyclic amines) is 1. The summed E-state index contributed by atoms with van der Waals surface area (Å²) in [5.74, 6) is 2.14. The van der Waals surface area contributed by atoms with Crippen LogP contribution >= 0.6 is 0 Å². The molecule has 2 aliphatic rings. The lowest BCUT2D eigenvalue weighted by Gasteiger charge is -2.23. The quantitative estimate of drug-likeness (QED) is 0.640. The maximum absolute atomic E-state index is 8.00. The van der Waals surface area contributed by atoms with Crippen molar-refractivity contribution in [1.82, 2.24) is 4.90 Å². The molecule has 1 aliphatic carbocycles. The summed E-state index contributed by atoms with van der Waals surface area (Å²) < 4.78 is 0. The minimum absolute atomic E-state index is 1.07. The van der Waals surface area contributed by atoms with Gasteiger partial charge in [-0.25, -0.2) is 0 Å². The zero-order chi connectivity index (χ0) is 13.0. The van der Waals surface area contributed by atoms with Crippen molar-refractivity contribution in [2.75, 3.05) is 20.1 Å². The number of nitrogens with zero attached hydrogens (tertiary/aromatic N) is 1. The van der Waals surface area contributed by atoms with E-state index >= 15 is 0 Å². The van der Waals surface area contributed by atoms with Crippen molar-refractivity contribution in [3.63, 3.8) is 0 Å². The highest BCUT2D eigenvalue weighted by Gasteiger charge is 2.31. The minimum atomic E-state index is 1.07. The molecule has 1 aliphatic heterocycles. The lowest BCUT2D eigenvalue weighted by Crippen LogP contribution is -2.16. The Kier molecular flexibility index (Phi) is 13.7. The van der Waals surface area contributed by atoms with Crippen molar-refractivity contribution in [1.29, 1.82) is 0 Å². The third-order valence-electron chi connectivity index (χ3n) is 3.16. The molecule has 1 heterocycles. The molecule has 0 aromatic rings. The summed E-state index contributed by atoms with van der Waals surface area (Å²) in [6, 6.07) is 0. The Balaban J connectivity index is 0. The smallest absolute Gasteiger partial charge is 0.106 e. The lowest BCUT2D eigenvalue weighted by molar-refractivity contribution is -0.0987. The van der Waals surface area contributed by atoms with Gasteiger partial charge in [0.15, 0.2) is 0 Å². The first kappa shape index (κ1) is 17.7. The molecule has 2 unspecified atom stereocenters. The van der Waals surface area contributed by atoms with E-state index in [4.69, 9.17) is 9.59 Å². The van der Waals surface area contributed by atoms with Gasteiger partial charge in [0.2, 0.25) is 0 Å². The second-order valence-corrected chi connectivity index (χ2v) is 4.03. The molecule has 1 saturated carbocycles. The van der Waals surface area contributed by atoms with E-state index < -0.39 is 0 Å². The van der Waals surface area contributed by atoms with Gasteiger partial charge in [-0.1, -0.05) is 26.7 Å². The molecule has 0 radical (unpaired) electrons. The molecule has 2 atom stereocenters. The van der Waals surface area contributed by atoms with Crippen molar-refractivity contribution in [3.05, 3.63) is 0 Å².